The molecule has 0 atom stereocenters. The third-order valence-corrected chi connectivity index (χ3v) is 14.4. The van der Waals surface area contributed by atoms with Crippen LogP contribution >= 0.6 is 11.3 Å². The first-order valence-corrected chi connectivity index (χ1v) is 22.8. The van der Waals surface area contributed by atoms with Crippen LogP contribution in [-0.4, -0.2) is 14.5 Å². The minimum atomic E-state index is 0.835. The summed E-state index contributed by atoms with van der Waals surface area (Å²) in [5.41, 5.74) is 15.8. The monoisotopic (exact) mass is 845 g/mol. The summed E-state index contributed by atoms with van der Waals surface area (Å²) in [4.78, 5) is 9.93. The molecular weight excluding hydrogens is 811 g/mol. The average Bonchev–Trinajstić information content (AvgIpc) is 4.05. The summed E-state index contributed by atoms with van der Waals surface area (Å²) in [6.07, 6.45) is 3.89. The van der Waals surface area contributed by atoms with E-state index in [1.54, 1.807) is 0 Å². The molecule has 14 rings (SSSR count). The number of para-hydroxylation sites is 2. The molecule has 14 aromatic rings. The van der Waals surface area contributed by atoms with E-state index in [1.165, 1.54) is 42.1 Å². The van der Waals surface area contributed by atoms with E-state index in [0.717, 1.165) is 93.8 Å². The van der Waals surface area contributed by atoms with Crippen LogP contribution in [0.4, 0.5) is 0 Å². The van der Waals surface area contributed by atoms with Gasteiger partial charge in [-0.05, 0) is 112 Å². The Kier molecular flexibility index (Phi) is 7.82. The normalized spacial score (nSPS) is 12.0. The number of hydrogen-bond donors (Lipinski definition) is 0. The second-order valence-corrected chi connectivity index (χ2v) is 18.0. The number of fused-ring (bicyclic) bond motifs is 12. The molecule has 0 bridgehead atoms. The molecule has 0 radical (unpaired) electrons. The SMILES string of the molecule is c1ccc(-c2cc(-c3ccnc4c3ccc3ncc(-c5ccccc5)cc34)c3c(c2)oc2c(-n4c5ccccc5c5cc(-c6ccc7c(c6)sc6ccccc67)ccc54)cccc23)cc1. The van der Waals surface area contributed by atoms with Gasteiger partial charge in [0.2, 0.25) is 0 Å². The number of benzene rings is 9. The third kappa shape index (κ3) is 5.56. The predicted molar refractivity (Wildman–Crippen MR) is 273 cm³/mol. The van der Waals surface area contributed by atoms with Gasteiger partial charge in [0.15, 0.2) is 5.58 Å². The molecule has 0 aliphatic carbocycles. The Bertz CT molecular complexity index is 4240. The lowest BCUT2D eigenvalue weighted by Crippen LogP contribution is -1.94. The molecule has 0 aliphatic heterocycles. The Hall–Kier alpha value is -8.38. The molecule has 65 heavy (non-hydrogen) atoms. The first-order chi connectivity index (χ1) is 32.2. The number of hydrogen-bond acceptors (Lipinski definition) is 4. The van der Waals surface area contributed by atoms with Crippen LogP contribution in [0.25, 0.3) is 136 Å². The number of aromatic nitrogens is 3. The molecule has 5 heteroatoms. The zero-order valence-electron chi connectivity index (χ0n) is 34.9. The largest absolute Gasteiger partial charge is 0.454 e. The number of thiophene rings is 1. The van der Waals surface area contributed by atoms with Gasteiger partial charge in [0.05, 0.1) is 27.8 Å². The quantitative estimate of drug-likeness (QED) is 0.162. The first-order valence-electron chi connectivity index (χ1n) is 22.0. The van der Waals surface area contributed by atoms with Crippen LogP contribution in [0.2, 0.25) is 0 Å². The van der Waals surface area contributed by atoms with Gasteiger partial charge in [0.25, 0.3) is 0 Å². The summed E-state index contributed by atoms with van der Waals surface area (Å²) in [6.45, 7) is 0. The molecule has 0 N–H and O–H groups in total. The molecule has 0 unspecified atom stereocenters. The van der Waals surface area contributed by atoms with Crippen LogP contribution in [0, 0.1) is 0 Å². The van der Waals surface area contributed by atoms with Crippen molar-refractivity contribution in [1.82, 2.24) is 14.5 Å². The van der Waals surface area contributed by atoms with Crippen molar-refractivity contribution in [2.24, 2.45) is 0 Å². The average molecular weight is 846 g/mol. The molecule has 0 spiro atoms. The highest BCUT2D eigenvalue weighted by Gasteiger charge is 2.22. The van der Waals surface area contributed by atoms with Gasteiger partial charge in [-0.15, -0.1) is 11.3 Å². The number of furan rings is 1. The Morgan fingerprint density at radius 3 is 1.97 bits per heavy atom. The van der Waals surface area contributed by atoms with Gasteiger partial charge in [-0.25, -0.2) is 0 Å². The van der Waals surface area contributed by atoms with Crippen LogP contribution in [0.15, 0.2) is 217 Å². The van der Waals surface area contributed by atoms with Crippen molar-refractivity contribution in [1.29, 1.82) is 0 Å². The maximum atomic E-state index is 7.19. The van der Waals surface area contributed by atoms with Crippen LogP contribution < -0.4 is 0 Å². The van der Waals surface area contributed by atoms with E-state index in [0.29, 0.717) is 0 Å². The summed E-state index contributed by atoms with van der Waals surface area (Å²) < 4.78 is 12.2. The van der Waals surface area contributed by atoms with Crippen molar-refractivity contribution in [3.63, 3.8) is 0 Å². The summed E-state index contributed by atoms with van der Waals surface area (Å²) in [5.74, 6) is 0. The van der Waals surface area contributed by atoms with Crippen molar-refractivity contribution in [2.75, 3.05) is 0 Å². The second kappa shape index (κ2) is 14.1. The van der Waals surface area contributed by atoms with Crippen LogP contribution in [-0.2, 0) is 0 Å². The van der Waals surface area contributed by atoms with Crippen LogP contribution in [0.3, 0.4) is 0 Å². The zero-order valence-corrected chi connectivity index (χ0v) is 35.7. The zero-order chi connectivity index (χ0) is 42.6. The topological polar surface area (TPSA) is 43.9 Å². The molecule has 5 aromatic heterocycles. The van der Waals surface area contributed by atoms with E-state index in [2.05, 4.69) is 199 Å². The maximum Gasteiger partial charge on any atom is 0.159 e. The number of rotatable bonds is 5. The Balaban J connectivity index is 0.988. The van der Waals surface area contributed by atoms with Gasteiger partial charge in [-0.2, -0.15) is 0 Å². The lowest BCUT2D eigenvalue weighted by molar-refractivity contribution is 0.666. The van der Waals surface area contributed by atoms with Gasteiger partial charge in [-0.1, -0.05) is 127 Å². The molecule has 5 heterocycles. The Labute approximate surface area is 376 Å². The third-order valence-electron chi connectivity index (χ3n) is 13.3. The molecule has 302 valence electrons. The van der Waals surface area contributed by atoms with Crippen LogP contribution in [0.5, 0.6) is 0 Å². The van der Waals surface area contributed by atoms with Crippen molar-refractivity contribution in [3.05, 3.63) is 213 Å². The standard InChI is InChI=1S/C60H35N3OS/c1-3-12-36(13-4-1)40-31-49(42-28-29-61-59-46(42)25-26-51-50(59)32-41(35-62-51)37-14-5-2-6-15-37)58-47-18-11-20-54(60(47)64-55(58)33-40)63-52-19-9-7-16-43(52)48-30-38(23-27-53(48)63)39-22-24-45-44-17-8-10-21-56(44)65-57(45)34-39/h1-35H. The predicted octanol–water partition coefficient (Wildman–Crippen LogP) is 16.8. The Morgan fingerprint density at radius 1 is 0.400 bits per heavy atom. The van der Waals surface area contributed by atoms with Gasteiger partial charge >= 0.3 is 0 Å². The molecule has 4 nitrogen and oxygen atoms in total. The minimum absolute atomic E-state index is 0.835. The summed E-state index contributed by atoms with van der Waals surface area (Å²) >= 11 is 1.86. The number of pyridine rings is 2. The smallest absolute Gasteiger partial charge is 0.159 e. The molecule has 0 fully saturated rings. The lowest BCUT2D eigenvalue weighted by atomic mass is 9.92. The molecule has 9 aromatic carbocycles. The molecular formula is C60H35N3OS. The second-order valence-electron chi connectivity index (χ2n) is 16.9. The first kappa shape index (κ1) is 36.1. The fourth-order valence-electron chi connectivity index (χ4n) is 10.3. The maximum absolute atomic E-state index is 7.19. The van der Waals surface area contributed by atoms with E-state index in [-0.39, 0.29) is 0 Å². The van der Waals surface area contributed by atoms with Crippen molar-refractivity contribution in [2.45, 2.75) is 0 Å². The van der Waals surface area contributed by atoms with Crippen molar-refractivity contribution >= 4 is 97.1 Å². The molecule has 0 saturated carbocycles. The van der Waals surface area contributed by atoms with E-state index < -0.39 is 0 Å². The summed E-state index contributed by atoms with van der Waals surface area (Å²) in [6, 6.07) is 72.1. The van der Waals surface area contributed by atoms with Gasteiger partial charge < -0.3 is 8.98 Å². The summed E-state index contributed by atoms with van der Waals surface area (Å²) in [7, 11) is 0. The van der Waals surface area contributed by atoms with Crippen molar-refractivity contribution < 1.29 is 4.42 Å². The highest BCUT2D eigenvalue weighted by molar-refractivity contribution is 7.25. The van der Waals surface area contributed by atoms with E-state index in [1.807, 2.05) is 29.8 Å². The van der Waals surface area contributed by atoms with Crippen molar-refractivity contribution in [3.8, 4) is 50.2 Å². The highest BCUT2D eigenvalue weighted by atomic mass is 32.1. The lowest BCUT2D eigenvalue weighted by Gasteiger charge is -2.13. The summed E-state index contributed by atoms with van der Waals surface area (Å²) in [5, 5.41) is 9.26. The Morgan fingerprint density at radius 2 is 1.09 bits per heavy atom. The van der Waals surface area contributed by atoms with E-state index >= 15 is 0 Å². The molecule has 0 aliphatic rings. The molecule has 0 amide bonds. The highest BCUT2D eigenvalue weighted by Crippen LogP contribution is 2.46. The van der Waals surface area contributed by atoms with E-state index in [9.17, 15) is 0 Å². The van der Waals surface area contributed by atoms with E-state index in [4.69, 9.17) is 14.4 Å². The van der Waals surface area contributed by atoms with Gasteiger partial charge in [-0.3, -0.25) is 9.97 Å². The van der Waals surface area contributed by atoms with Gasteiger partial charge in [0, 0.05) is 70.4 Å². The van der Waals surface area contributed by atoms with Crippen LogP contribution in [0.1, 0.15) is 0 Å². The fourth-order valence-corrected chi connectivity index (χ4v) is 11.4. The number of nitrogens with zero attached hydrogens (tertiary/aromatic N) is 3. The van der Waals surface area contributed by atoms with Gasteiger partial charge in [0.1, 0.15) is 5.58 Å². The minimum Gasteiger partial charge on any atom is -0.454 e. The fraction of sp³-hybridized carbons (Fsp3) is 0. The molecule has 0 saturated heterocycles.